The molecule has 22 heavy (non-hydrogen) atoms. The van der Waals surface area contributed by atoms with E-state index in [4.69, 9.17) is 29.6 Å². The van der Waals surface area contributed by atoms with Crippen LogP contribution in [0.4, 0.5) is 0 Å². The molecule has 0 amide bonds. The lowest BCUT2D eigenvalue weighted by atomic mass is 9.98. The van der Waals surface area contributed by atoms with Gasteiger partial charge >= 0.3 is 0 Å². The van der Waals surface area contributed by atoms with Crippen LogP contribution in [0.2, 0.25) is 5.02 Å². The number of nitrogens with two attached hydrogens (primary N) is 1. The summed E-state index contributed by atoms with van der Waals surface area (Å²) in [5, 5.41) is 7.24. The first-order chi connectivity index (χ1) is 10.6. The monoisotopic (exact) mass is 347 g/mol. The van der Waals surface area contributed by atoms with Crippen molar-refractivity contribution in [2.24, 2.45) is 10.8 Å². The Labute approximate surface area is 145 Å². The largest absolute Gasteiger partial charge is 0.375 e. The van der Waals surface area contributed by atoms with Crippen molar-refractivity contribution in [3.05, 3.63) is 64.7 Å². The molecule has 1 atom stereocenters. The van der Waals surface area contributed by atoms with Crippen LogP contribution in [0.25, 0.3) is 0 Å². The van der Waals surface area contributed by atoms with Crippen LogP contribution in [0, 0.1) is 0 Å². The molecule has 2 N–H and O–H groups in total. The Hall–Kier alpha value is -1.56. The zero-order chi connectivity index (χ0) is 15.7. The van der Waals surface area contributed by atoms with Crippen LogP contribution in [0.1, 0.15) is 23.6 Å². The molecule has 0 aliphatic carbocycles. The standard InChI is InChI=1S/C16H14ClN3S2/c17-11-7-5-10(6-8-11)13-9-14(20(19-13)16(18)22)12-3-1-2-4-15(12)21/h1-8,14,21H,9H2,(H2,18,22). The number of benzene rings is 2. The summed E-state index contributed by atoms with van der Waals surface area (Å²) in [5.74, 6) is 0. The lowest BCUT2D eigenvalue weighted by molar-refractivity contribution is 0.368. The van der Waals surface area contributed by atoms with Gasteiger partial charge in [0.2, 0.25) is 0 Å². The third kappa shape index (κ3) is 2.97. The van der Waals surface area contributed by atoms with Gasteiger partial charge in [0, 0.05) is 16.3 Å². The Bertz CT molecular complexity index is 743. The van der Waals surface area contributed by atoms with Crippen molar-refractivity contribution in [3.63, 3.8) is 0 Å². The topological polar surface area (TPSA) is 41.6 Å². The van der Waals surface area contributed by atoms with Gasteiger partial charge in [-0.05, 0) is 41.5 Å². The van der Waals surface area contributed by atoms with Gasteiger partial charge in [-0.3, -0.25) is 0 Å². The number of halogens is 1. The van der Waals surface area contributed by atoms with Gasteiger partial charge in [0.05, 0.1) is 11.8 Å². The lowest BCUT2D eigenvalue weighted by Crippen LogP contribution is -2.31. The van der Waals surface area contributed by atoms with Crippen LogP contribution >= 0.6 is 36.4 Å². The van der Waals surface area contributed by atoms with E-state index < -0.39 is 0 Å². The zero-order valence-electron chi connectivity index (χ0n) is 11.6. The molecule has 0 saturated carbocycles. The van der Waals surface area contributed by atoms with Gasteiger partial charge in [0.1, 0.15) is 0 Å². The summed E-state index contributed by atoms with van der Waals surface area (Å²) in [6.45, 7) is 0. The van der Waals surface area contributed by atoms with Gasteiger partial charge in [0.25, 0.3) is 0 Å². The highest BCUT2D eigenvalue weighted by Gasteiger charge is 2.31. The molecule has 0 radical (unpaired) electrons. The maximum atomic E-state index is 5.94. The van der Waals surface area contributed by atoms with Gasteiger partial charge in [-0.1, -0.05) is 41.9 Å². The van der Waals surface area contributed by atoms with Gasteiger partial charge < -0.3 is 5.73 Å². The maximum Gasteiger partial charge on any atom is 0.187 e. The van der Waals surface area contributed by atoms with Crippen molar-refractivity contribution < 1.29 is 0 Å². The average molecular weight is 348 g/mol. The summed E-state index contributed by atoms with van der Waals surface area (Å²) in [5.41, 5.74) is 8.86. The van der Waals surface area contributed by atoms with Crippen LogP contribution in [0.15, 0.2) is 58.5 Å². The van der Waals surface area contributed by atoms with Crippen molar-refractivity contribution in [3.8, 4) is 0 Å². The molecule has 112 valence electrons. The van der Waals surface area contributed by atoms with Crippen LogP contribution in [-0.2, 0) is 0 Å². The fourth-order valence-electron chi connectivity index (χ4n) is 2.54. The first kappa shape index (κ1) is 15.3. The molecule has 0 saturated heterocycles. The molecule has 2 aromatic rings. The smallest absolute Gasteiger partial charge is 0.187 e. The summed E-state index contributed by atoms with van der Waals surface area (Å²) in [4.78, 5) is 0.904. The van der Waals surface area contributed by atoms with E-state index in [1.54, 1.807) is 5.01 Å². The summed E-state index contributed by atoms with van der Waals surface area (Å²) in [6, 6.07) is 15.5. The molecule has 1 aliphatic rings. The minimum atomic E-state index is -0.0307. The first-order valence-corrected chi connectivity index (χ1v) is 7.99. The van der Waals surface area contributed by atoms with E-state index in [0.717, 1.165) is 28.2 Å². The predicted molar refractivity (Wildman–Crippen MR) is 97.7 cm³/mol. The number of rotatable bonds is 2. The van der Waals surface area contributed by atoms with Crippen molar-refractivity contribution in [2.45, 2.75) is 17.4 Å². The van der Waals surface area contributed by atoms with Gasteiger partial charge in [-0.25, -0.2) is 5.01 Å². The third-order valence-corrected chi connectivity index (χ3v) is 4.46. The van der Waals surface area contributed by atoms with Crippen LogP contribution in [0.5, 0.6) is 0 Å². The molecule has 0 aromatic heterocycles. The van der Waals surface area contributed by atoms with Crippen molar-refractivity contribution in [1.29, 1.82) is 0 Å². The number of nitrogens with zero attached hydrogens (tertiary/aromatic N) is 2. The highest BCUT2D eigenvalue weighted by molar-refractivity contribution is 7.80. The second kappa shape index (κ2) is 6.28. The van der Waals surface area contributed by atoms with Crippen LogP contribution in [-0.4, -0.2) is 15.8 Å². The molecule has 2 aromatic carbocycles. The Morgan fingerprint density at radius 2 is 1.91 bits per heavy atom. The fourth-order valence-corrected chi connectivity index (χ4v) is 3.15. The number of hydrogen-bond acceptors (Lipinski definition) is 3. The molecule has 3 nitrogen and oxygen atoms in total. The Balaban J connectivity index is 1.96. The average Bonchev–Trinajstić information content (AvgIpc) is 2.93. The van der Waals surface area contributed by atoms with Gasteiger partial charge in [-0.2, -0.15) is 5.10 Å². The molecule has 0 spiro atoms. The van der Waals surface area contributed by atoms with E-state index in [2.05, 4.69) is 17.7 Å². The van der Waals surface area contributed by atoms with Crippen LogP contribution in [0.3, 0.4) is 0 Å². The van der Waals surface area contributed by atoms with E-state index in [0.29, 0.717) is 5.02 Å². The van der Waals surface area contributed by atoms with Crippen molar-refractivity contribution in [2.75, 3.05) is 0 Å². The first-order valence-electron chi connectivity index (χ1n) is 6.76. The molecule has 0 bridgehead atoms. The van der Waals surface area contributed by atoms with Gasteiger partial charge in [0.15, 0.2) is 5.11 Å². The number of thiocarbonyl (C=S) groups is 1. The SMILES string of the molecule is NC(=S)N1N=C(c2ccc(Cl)cc2)CC1c1ccccc1S. The zero-order valence-corrected chi connectivity index (χ0v) is 14.1. The minimum Gasteiger partial charge on any atom is -0.375 e. The molecular formula is C16H14ClN3S2. The summed E-state index contributed by atoms with van der Waals surface area (Å²) < 4.78 is 0. The second-order valence-electron chi connectivity index (χ2n) is 5.02. The summed E-state index contributed by atoms with van der Waals surface area (Å²) in [6.07, 6.45) is 0.719. The van der Waals surface area contributed by atoms with E-state index >= 15 is 0 Å². The fraction of sp³-hybridized carbons (Fsp3) is 0.125. The number of thiol groups is 1. The molecule has 1 unspecified atom stereocenters. The minimum absolute atomic E-state index is 0.0307. The third-order valence-electron chi connectivity index (χ3n) is 3.61. The van der Waals surface area contributed by atoms with Crippen molar-refractivity contribution in [1.82, 2.24) is 5.01 Å². The van der Waals surface area contributed by atoms with E-state index in [9.17, 15) is 0 Å². The lowest BCUT2D eigenvalue weighted by Gasteiger charge is -2.23. The second-order valence-corrected chi connectivity index (χ2v) is 6.35. The molecule has 1 heterocycles. The number of hydrazone groups is 1. The van der Waals surface area contributed by atoms with E-state index in [-0.39, 0.29) is 11.2 Å². The van der Waals surface area contributed by atoms with Crippen LogP contribution < -0.4 is 5.73 Å². The Kier molecular flexibility index (Phi) is 4.38. The highest BCUT2D eigenvalue weighted by Crippen LogP contribution is 2.35. The maximum absolute atomic E-state index is 5.94. The predicted octanol–water partition coefficient (Wildman–Crippen LogP) is 4.02. The normalized spacial score (nSPS) is 17.5. The Morgan fingerprint density at radius 3 is 2.55 bits per heavy atom. The molecule has 6 heteroatoms. The summed E-state index contributed by atoms with van der Waals surface area (Å²) >= 11 is 15.6. The van der Waals surface area contributed by atoms with Crippen molar-refractivity contribution >= 4 is 47.3 Å². The molecule has 0 fully saturated rings. The quantitative estimate of drug-likeness (QED) is 0.636. The van der Waals surface area contributed by atoms with Gasteiger partial charge in [-0.15, -0.1) is 12.6 Å². The van der Waals surface area contributed by atoms with E-state index in [1.807, 2.05) is 48.5 Å². The molecular weight excluding hydrogens is 334 g/mol. The number of hydrogen-bond donors (Lipinski definition) is 2. The Morgan fingerprint density at radius 1 is 1.23 bits per heavy atom. The summed E-state index contributed by atoms with van der Waals surface area (Å²) in [7, 11) is 0. The molecule has 3 rings (SSSR count). The molecule has 1 aliphatic heterocycles. The van der Waals surface area contributed by atoms with E-state index in [1.165, 1.54) is 0 Å². The highest BCUT2D eigenvalue weighted by atomic mass is 35.5.